The molecule has 96 valence electrons. The molecule has 2 aromatic carbocycles. The minimum Gasteiger partial charge on any atom is -0.367 e. The van der Waals surface area contributed by atoms with E-state index in [2.05, 4.69) is 10.3 Å². The predicted molar refractivity (Wildman–Crippen MR) is 82.2 cm³/mol. The molecule has 0 radical (unpaired) electrons. The molecule has 3 aromatic rings. The zero-order valence-corrected chi connectivity index (χ0v) is 11.6. The fraction of sp³-hybridized carbons (Fsp3) is 0.0714. The summed E-state index contributed by atoms with van der Waals surface area (Å²) in [6.07, 6.45) is 0. The first kappa shape index (κ1) is 12.3. The number of rotatable bonds is 3. The van der Waals surface area contributed by atoms with Crippen LogP contribution < -0.4 is 5.32 Å². The van der Waals surface area contributed by atoms with E-state index in [1.165, 1.54) is 0 Å². The highest BCUT2D eigenvalue weighted by Crippen LogP contribution is 2.16. The van der Waals surface area contributed by atoms with E-state index in [1.54, 1.807) is 0 Å². The van der Waals surface area contributed by atoms with E-state index < -0.39 is 0 Å². The first-order chi connectivity index (χ1) is 9.24. The molecule has 0 amide bonds. The van der Waals surface area contributed by atoms with Crippen molar-refractivity contribution in [1.82, 2.24) is 9.55 Å². The van der Waals surface area contributed by atoms with Crippen LogP contribution in [0.1, 0.15) is 0 Å². The van der Waals surface area contributed by atoms with Gasteiger partial charge in [-0.05, 0) is 48.6 Å². The Morgan fingerprint density at radius 1 is 1.11 bits per heavy atom. The number of anilines is 1. The molecule has 0 spiro atoms. The van der Waals surface area contributed by atoms with Gasteiger partial charge < -0.3 is 10.3 Å². The monoisotopic (exact) mass is 289 g/mol. The van der Waals surface area contributed by atoms with Gasteiger partial charge in [0, 0.05) is 10.7 Å². The van der Waals surface area contributed by atoms with Crippen molar-refractivity contribution in [3.05, 3.63) is 58.3 Å². The molecule has 1 aromatic heterocycles. The highest BCUT2D eigenvalue weighted by atomic mass is 35.5. The van der Waals surface area contributed by atoms with E-state index >= 15 is 0 Å². The SMILES string of the molecule is S=c1[nH]c2ccccc2n1CNc1ccc(Cl)cc1. The summed E-state index contributed by atoms with van der Waals surface area (Å²) in [5.74, 6) is 0. The Bertz CT molecular complexity index is 758. The second-order valence-corrected chi connectivity index (χ2v) is 5.04. The summed E-state index contributed by atoms with van der Waals surface area (Å²) in [5.41, 5.74) is 3.15. The molecular formula is C14H12ClN3S. The third-order valence-electron chi connectivity index (χ3n) is 2.97. The van der Waals surface area contributed by atoms with Gasteiger partial charge in [-0.1, -0.05) is 23.7 Å². The lowest BCUT2D eigenvalue weighted by Crippen LogP contribution is -2.07. The largest absolute Gasteiger partial charge is 0.367 e. The van der Waals surface area contributed by atoms with E-state index in [1.807, 2.05) is 53.1 Å². The summed E-state index contributed by atoms with van der Waals surface area (Å²) in [4.78, 5) is 3.19. The van der Waals surface area contributed by atoms with Crippen LogP contribution in [-0.2, 0) is 6.67 Å². The van der Waals surface area contributed by atoms with Gasteiger partial charge >= 0.3 is 0 Å². The maximum Gasteiger partial charge on any atom is 0.179 e. The van der Waals surface area contributed by atoms with Gasteiger partial charge in [0.15, 0.2) is 4.77 Å². The number of hydrogen-bond donors (Lipinski definition) is 2. The van der Waals surface area contributed by atoms with E-state index in [0.717, 1.165) is 21.7 Å². The summed E-state index contributed by atoms with van der Waals surface area (Å²) in [5, 5.41) is 4.06. The number of aromatic nitrogens is 2. The van der Waals surface area contributed by atoms with Gasteiger partial charge in [0.2, 0.25) is 0 Å². The summed E-state index contributed by atoms with van der Waals surface area (Å²) in [6, 6.07) is 15.7. The Labute approximate surface area is 120 Å². The first-order valence-electron chi connectivity index (χ1n) is 5.91. The number of benzene rings is 2. The number of para-hydroxylation sites is 2. The highest BCUT2D eigenvalue weighted by Gasteiger charge is 2.02. The molecule has 1 heterocycles. The average Bonchev–Trinajstić information content (AvgIpc) is 2.74. The molecule has 0 aliphatic heterocycles. The molecule has 0 saturated carbocycles. The van der Waals surface area contributed by atoms with Gasteiger partial charge in [0.25, 0.3) is 0 Å². The van der Waals surface area contributed by atoms with Crippen molar-refractivity contribution in [2.75, 3.05) is 5.32 Å². The minimum absolute atomic E-state index is 0.616. The topological polar surface area (TPSA) is 32.8 Å². The lowest BCUT2D eigenvalue weighted by Gasteiger charge is -2.08. The zero-order chi connectivity index (χ0) is 13.2. The van der Waals surface area contributed by atoms with Crippen molar-refractivity contribution in [3.8, 4) is 0 Å². The van der Waals surface area contributed by atoms with Gasteiger partial charge in [-0.25, -0.2) is 0 Å². The molecule has 0 bridgehead atoms. The summed E-state index contributed by atoms with van der Waals surface area (Å²) in [7, 11) is 0. The van der Waals surface area contributed by atoms with Crippen LogP contribution in [0.4, 0.5) is 5.69 Å². The van der Waals surface area contributed by atoms with Gasteiger partial charge in [-0.15, -0.1) is 0 Å². The van der Waals surface area contributed by atoms with Crippen LogP contribution in [-0.4, -0.2) is 9.55 Å². The molecule has 0 aliphatic rings. The Morgan fingerprint density at radius 2 is 1.84 bits per heavy atom. The van der Waals surface area contributed by atoms with E-state index in [4.69, 9.17) is 23.8 Å². The fourth-order valence-corrected chi connectivity index (χ4v) is 2.40. The standard InChI is InChI=1S/C14H12ClN3S/c15-10-5-7-11(8-6-10)16-9-18-13-4-2-1-3-12(13)17-14(18)19/h1-8,16H,9H2,(H,17,19). The smallest absolute Gasteiger partial charge is 0.179 e. The normalized spacial score (nSPS) is 10.8. The van der Waals surface area contributed by atoms with Crippen molar-refractivity contribution in [2.45, 2.75) is 6.67 Å². The number of H-pyrrole nitrogens is 1. The van der Waals surface area contributed by atoms with Gasteiger partial charge in [-0.2, -0.15) is 0 Å². The van der Waals surface area contributed by atoms with Crippen molar-refractivity contribution >= 4 is 40.5 Å². The number of hydrogen-bond acceptors (Lipinski definition) is 2. The van der Waals surface area contributed by atoms with Crippen molar-refractivity contribution < 1.29 is 0 Å². The Morgan fingerprint density at radius 3 is 2.63 bits per heavy atom. The quantitative estimate of drug-likeness (QED) is 0.700. The Balaban J connectivity index is 1.87. The van der Waals surface area contributed by atoms with Crippen molar-refractivity contribution in [1.29, 1.82) is 0 Å². The molecular weight excluding hydrogens is 278 g/mol. The average molecular weight is 290 g/mol. The third kappa shape index (κ3) is 2.50. The Hall–Kier alpha value is -1.78. The maximum absolute atomic E-state index is 5.86. The van der Waals surface area contributed by atoms with Gasteiger partial charge in [0.1, 0.15) is 0 Å². The molecule has 0 fully saturated rings. The molecule has 19 heavy (non-hydrogen) atoms. The molecule has 3 nitrogen and oxygen atoms in total. The van der Waals surface area contributed by atoms with E-state index in [9.17, 15) is 0 Å². The molecule has 0 aliphatic carbocycles. The van der Waals surface area contributed by atoms with Crippen LogP contribution in [0.15, 0.2) is 48.5 Å². The van der Waals surface area contributed by atoms with Crippen molar-refractivity contribution in [3.63, 3.8) is 0 Å². The highest BCUT2D eigenvalue weighted by molar-refractivity contribution is 7.71. The molecule has 5 heteroatoms. The number of nitrogens with one attached hydrogen (secondary N) is 2. The number of aromatic amines is 1. The first-order valence-corrected chi connectivity index (χ1v) is 6.70. The van der Waals surface area contributed by atoms with E-state index in [0.29, 0.717) is 11.4 Å². The second-order valence-electron chi connectivity index (χ2n) is 4.22. The molecule has 0 saturated heterocycles. The summed E-state index contributed by atoms with van der Waals surface area (Å²) >= 11 is 11.2. The minimum atomic E-state index is 0.616. The lowest BCUT2D eigenvalue weighted by atomic mass is 10.3. The maximum atomic E-state index is 5.86. The molecule has 2 N–H and O–H groups in total. The summed E-state index contributed by atoms with van der Waals surface area (Å²) in [6.45, 7) is 0.616. The van der Waals surface area contributed by atoms with Crippen LogP contribution >= 0.6 is 23.8 Å². The fourth-order valence-electron chi connectivity index (χ4n) is 2.00. The number of imidazole rings is 1. The molecule has 0 atom stereocenters. The van der Waals surface area contributed by atoms with Crippen LogP contribution in [0.25, 0.3) is 11.0 Å². The van der Waals surface area contributed by atoms with Crippen LogP contribution in [0.5, 0.6) is 0 Å². The van der Waals surface area contributed by atoms with Crippen LogP contribution in [0.3, 0.4) is 0 Å². The second kappa shape index (κ2) is 5.07. The third-order valence-corrected chi connectivity index (χ3v) is 3.54. The van der Waals surface area contributed by atoms with Crippen molar-refractivity contribution in [2.24, 2.45) is 0 Å². The Kier molecular flexibility index (Phi) is 3.27. The zero-order valence-electron chi connectivity index (χ0n) is 10.1. The van der Waals surface area contributed by atoms with Gasteiger partial charge in [0.05, 0.1) is 17.7 Å². The molecule has 0 unspecified atom stereocenters. The van der Waals surface area contributed by atoms with E-state index in [-0.39, 0.29) is 0 Å². The van der Waals surface area contributed by atoms with Crippen LogP contribution in [0.2, 0.25) is 5.02 Å². The summed E-state index contributed by atoms with van der Waals surface area (Å²) < 4.78 is 2.74. The number of halogens is 1. The number of fused-ring (bicyclic) bond motifs is 1. The lowest BCUT2D eigenvalue weighted by molar-refractivity contribution is 0.787. The van der Waals surface area contributed by atoms with Crippen LogP contribution in [0, 0.1) is 4.77 Å². The van der Waals surface area contributed by atoms with Gasteiger partial charge in [-0.3, -0.25) is 4.57 Å². The predicted octanol–water partition coefficient (Wildman–Crippen LogP) is 4.42. The molecule has 3 rings (SSSR count). The number of nitrogens with zero attached hydrogens (tertiary/aromatic N) is 1.